The molecular weight excluding hydrogens is 450 g/mol. The van der Waals surface area contributed by atoms with Gasteiger partial charge in [0.05, 0.1) is 0 Å². The maximum atomic E-state index is 12.5. The maximum absolute atomic E-state index is 12.5. The number of amides is 2. The van der Waals surface area contributed by atoms with Crippen LogP contribution in [0.5, 0.6) is 0 Å². The second-order valence-electron chi connectivity index (χ2n) is 7.97. The van der Waals surface area contributed by atoms with Crippen molar-refractivity contribution in [1.29, 1.82) is 0 Å². The molecule has 35 heavy (non-hydrogen) atoms. The molecule has 1 aromatic heterocycles. The van der Waals surface area contributed by atoms with E-state index in [1.54, 1.807) is 12.1 Å². The van der Waals surface area contributed by atoms with Crippen molar-refractivity contribution in [2.75, 3.05) is 25.6 Å². The SMILES string of the molecule is COC(CCNC(=O)c1cccc(NC(=O)OCC2c3ccccc3-c3ccccc32)n1)C(=O)O. The molecule has 1 aliphatic carbocycles. The highest BCUT2D eigenvalue weighted by atomic mass is 16.5. The Balaban J connectivity index is 1.34. The summed E-state index contributed by atoms with van der Waals surface area (Å²) in [4.78, 5) is 40.0. The molecule has 0 spiro atoms. The first-order valence-electron chi connectivity index (χ1n) is 11.1. The van der Waals surface area contributed by atoms with Gasteiger partial charge in [0.1, 0.15) is 18.1 Å². The minimum absolute atomic E-state index is 0.0695. The quantitative estimate of drug-likeness (QED) is 0.431. The number of ether oxygens (including phenoxy) is 2. The molecule has 9 nitrogen and oxygen atoms in total. The van der Waals surface area contributed by atoms with E-state index in [0.29, 0.717) is 0 Å². The van der Waals surface area contributed by atoms with Crippen LogP contribution in [0.2, 0.25) is 0 Å². The number of carboxylic acid groups (broad SMARTS) is 1. The highest BCUT2D eigenvalue weighted by Gasteiger charge is 2.29. The smallest absolute Gasteiger partial charge is 0.412 e. The summed E-state index contributed by atoms with van der Waals surface area (Å²) >= 11 is 0. The molecule has 0 saturated carbocycles. The van der Waals surface area contributed by atoms with Crippen molar-refractivity contribution in [3.63, 3.8) is 0 Å². The molecule has 9 heteroatoms. The zero-order chi connectivity index (χ0) is 24.8. The Kier molecular flexibility index (Phi) is 7.37. The number of hydrogen-bond donors (Lipinski definition) is 3. The molecule has 0 saturated heterocycles. The van der Waals surface area contributed by atoms with E-state index in [2.05, 4.69) is 27.8 Å². The molecule has 3 aromatic rings. The third-order valence-electron chi connectivity index (χ3n) is 5.81. The first kappa shape index (κ1) is 23.9. The van der Waals surface area contributed by atoms with E-state index in [1.165, 1.54) is 13.2 Å². The molecule has 2 aromatic carbocycles. The summed E-state index contributed by atoms with van der Waals surface area (Å²) in [5.41, 5.74) is 4.56. The van der Waals surface area contributed by atoms with Crippen LogP contribution >= 0.6 is 0 Å². The van der Waals surface area contributed by atoms with Crippen molar-refractivity contribution in [3.05, 3.63) is 83.6 Å². The van der Waals surface area contributed by atoms with Gasteiger partial charge in [-0.25, -0.2) is 14.6 Å². The summed E-state index contributed by atoms with van der Waals surface area (Å²) in [6.07, 6.45) is -1.58. The summed E-state index contributed by atoms with van der Waals surface area (Å²) in [6, 6.07) is 20.7. The van der Waals surface area contributed by atoms with E-state index in [9.17, 15) is 14.4 Å². The number of carboxylic acids is 1. The summed E-state index contributed by atoms with van der Waals surface area (Å²) in [7, 11) is 1.29. The van der Waals surface area contributed by atoms with E-state index in [-0.39, 0.29) is 37.0 Å². The Morgan fingerprint density at radius 2 is 1.63 bits per heavy atom. The van der Waals surface area contributed by atoms with Crippen LogP contribution in [0.25, 0.3) is 11.1 Å². The van der Waals surface area contributed by atoms with Crippen LogP contribution in [0.15, 0.2) is 66.7 Å². The van der Waals surface area contributed by atoms with Crippen molar-refractivity contribution < 1.29 is 29.0 Å². The lowest BCUT2D eigenvalue weighted by Gasteiger charge is -2.14. The first-order valence-corrected chi connectivity index (χ1v) is 11.1. The number of pyridine rings is 1. The van der Waals surface area contributed by atoms with Gasteiger partial charge >= 0.3 is 12.1 Å². The van der Waals surface area contributed by atoms with Gasteiger partial charge in [0.15, 0.2) is 6.10 Å². The fourth-order valence-electron chi connectivity index (χ4n) is 4.12. The largest absolute Gasteiger partial charge is 0.479 e. The van der Waals surface area contributed by atoms with Crippen molar-refractivity contribution in [2.45, 2.75) is 18.4 Å². The minimum atomic E-state index is -1.10. The molecule has 0 bridgehead atoms. The number of carbonyl (C=O) groups excluding carboxylic acids is 2. The second kappa shape index (κ2) is 10.8. The summed E-state index contributed by atoms with van der Waals surface area (Å²) in [5.74, 6) is -1.51. The normalized spacial score (nSPS) is 12.8. The van der Waals surface area contributed by atoms with E-state index in [4.69, 9.17) is 14.6 Å². The molecule has 4 rings (SSSR count). The van der Waals surface area contributed by atoms with Crippen LogP contribution in [0.3, 0.4) is 0 Å². The Labute approximate surface area is 202 Å². The number of nitrogens with one attached hydrogen (secondary N) is 2. The lowest BCUT2D eigenvalue weighted by molar-refractivity contribution is -0.148. The number of aliphatic carboxylic acids is 1. The van der Waals surface area contributed by atoms with Gasteiger partial charge in [0, 0.05) is 26.0 Å². The number of hydrogen-bond acceptors (Lipinski definition) is 6. The van der Waals surface area contributed by atoms with Crippen LogP contribution in [0, 0.1) is 0 Å². The predicted octanol–water partition coefficient (Wildman–Crippen LogP) is 3.66. The highest BCUT2D eigenvalue weighted by Crippen LogP contribution is 2.44. The molecule has 0 radical (unpaired) electrons. The summed E-state index contributed by atoms with van der Waals surface area (Å²) in [5, 5.41) is 14.1. The molecule has 0 fully saturated rings. The van der Waals surface area contributed by atoms with Crippen LogP contribution in [0.1, 0.15) is 34.0 Å². The fraction of sp³-hybridized carbons (Fsp3) is 0.231. The van der Waals surface area contributed by atoms with Crippen LogP contribution in [-0.2, 0) is 14.3 Å². The Morgan fingerprint density at radius 3 is 2.26 bits per heavy atom. The molecule has 1 aliphatic rings. The molecule has 1 atom stereocenters. The monoisotopic (exact) mass is 475 g/mol. The standard InChI is InChI=1S/C26H25N3O6/c1-34-22(25(31)32)13-14-27-24(30)21-11-6-12-23(28-21)29-26(33)35-15-20-18-9-4-2-7-16(18)17-8-3-5-10-19(17)20/h2-12,20,22H,13-15H2,1H3,(H,27,30)(H,31,32)(H,28,29,33). The number of benzene rings is 2. The maximum Gasteiger partial charge on any atom is 0.412 e. The van der Waals surface area contributed by atoms with E-state index >= 15 is 0 Å². The number of rotatable bonds is 9. The molecule has 1 heterocycles. The zero-order valence-corrected chi connectivity index (χ0v) is 19.1. The van der Waals surface area contributed by atoms with Crippen molar-refractivity contribution in [3.8, 4) is 11.1 Å². The first-order chi connectivity index (χ1) is 17.0. The lowest BCUT2D eigenvalue weighted by Crippen LogP contribution is -2.31. The van der Waals surface area contributed by atoms with Crippen LogP contribution < -0.4 is 10.6 Å². The van der Waals surface area contributed by atoms with Gasteiger partial charge in [0.2, 0.25) is 0 Å². The second-order valence-corrected chi connectivity index (χ2v) is 7.97. The molecular formula is C26H25N3O6. The number of anilines is 1. The average molecular weight is 476 g/mol. The van der Waals surface area contributed by atoms with Gasteiger partial charge in [-0.05, 0) is 34.4 Å². The molecule has 2 amide bonds. The minimum Gasteiger partial charge on any atom is -0.479 e. The summed E-state index contributed by atoms with van der Waals surface area (Å²) < 4.78 is 10.3. The van der Waals surface area contributed by atoms with Gasteiger partial charge in [-0.15, -0.1) is 0 Å². The Hall–Kier alpha value is -4.24. The van der Waals surface area contributed by atoms with Crippen molar-refractivity contribution >= 4 is 23.8 Å². The molecule has 3 N–H and O–H groups in total. The number of methoxy groups -OCH3 is 1. The van der Waals surface area contributed by atoms with E-state index in [0.717, 1.165) is 22.3 Å². The Morgan fingerprint density at radius 1 is 0.971 bits per heavy atom. The van der Waals surface area contributed by atoms with Gasteiger partial charge in [0.25, 0.3) is 5.91 Å². The van der Waals surface area contributed by atoms with Crippen molar-refractivity contribution in [1.82, 2.24) is 10.3 Å². The third-order valence-corrected chi connectivity index (χ3v) is 5.81. The topological polar surface area (TPSA) is 127 Å². The van der Waals surface area contributed by atoms with E-state index < -0.39 is 24.1 Å². The van der Waals surface area contributed by atoms with E-state index in [1.807, 2.05) is 36.4 Å². The Bertz CT molecular complexity index is 1200. The molecule has 180 valence electrons. The highest BCUT2D eigenvalue weighted by molar-refractivity contribution is 5.93. The number of fused-ring (bicyclic) bond motifs is 3. The molecule has 0 aliphatic heterocycles. The number of aromatic nitrogens is 1. The number of nitrogens with zero attached hydrogens (tertiary/aromatic N) is 1. The molecule has 1 unspecified atom stereocenters. The zero-order valence-electron chi connectivity index (χ0n) is 19.1. The predicted molar refractivity (Wildman–Crippen MR) is 128 cm³/mol. The van der Waals surface area contributed by atoms with Gasteiger partial charge in [-0.1, -0.05) is 54.6 Å². The number of carbonyl (C=O) groups is 3. The third kappa shape index (κ3) is 5.47. The van der Waals surface area contributed by atoms with Gasteiger partial charge in [-0.2, -0.15) is 0 Å². The van der Waals surface area contributed by atoms with Gasteiger partial charge < -0.3 is 19.9 Å². The fourth-order valence-corrected chi connectivity index (χ4v) is 4.12. The van der Waals surface area contributed by atoms with Crippen LogP contribution in [-0.4, -0.2) is 54.4 Å². The van der Waals surface area contributed by atoms with Crippen molar-refractivity contribution in [2.24, 2.45) is 0 Å². The van der Waals surface area contributed by atoms with Crippen LogP contribution in [0.4, 0.5) is 10.6 Å². The van der Waals surface area contributed by atoms with Gasteiger partial charge in [-0.3, -0.25) is 10.1 Å². The average Bonchev–Trinajstić information content (AvgIpc) is 3.19. The lowest BCUT2D eigenvalue weighted by atomic mass is 9.98. The summed E-state index contributed by atoms with van der Waals surface area (Å²) in [6.45, 7) is 0.250.